The van der Waals surface area contributed by atoms with Gasteiger partial charge in [0.15, 0.2) is 6.61 Å². The van der Waals surface area contributed by atoms with Crippen molar-refractivity contribution in [2.75, 3.05) is 6.61 Å². The number of amides is 1. The zero-order valence-electron chi connectivity index (χ0n) is 10.2. The van der Waals surface area contributed by atoms with Crippen molar-refractivity contribution in [3.8, 4) is 5.75 Å². The van der Waals surface area contributed by atoms with Crippen molar-refractivity contribution in [2.45, 2.75) is 20.3 Å². The van der Waals surface area contributed by atoms with Gasteiger partial charge in [0.05, 0.1) is 4.47 Å². The summed E-state index contributed by atoms with van der Waals surface area (Å²) >= 11 is 6.78. The van der Waals surface area contributed by atoms with Crippen molar-refractivity contribution < 1.29 is 9.53 Å². The molecule has 0 aliphatic rings. The van der Waals surface area contributed by atoms with Crippen molar-refractivity contribution >= 4 is 44.0 Å². The summed E-state index contributed by atoms with van der Waals surface area (Å²) in [6, 6.07) is 3.79. The van der Waals surface area contributed by atoms with Crippen LogP contribution in [-0.2, 0) is 4.79 Å². The molecule has 98 valence electrons. The Balaban J connectivity index is 2.58. The average Bonchev–Trinajstić information content (AvgIpc) is 2.27. The minimum Gasteiger partial charge on any atom is -0.482 e. The molecule has 6 heteroatoms. The van der Waals surface area contributed by atoms with Crippen molar-refractivity contribution in [2.24, 2.45) is 5.10 Å². The molecular weight excluding hydrogens is 364 g/mol. The van der Waals surface area contributed by atoms with E-state index < -0.39 is 0 Å². The summed E-state index contributed by atoms with van der Waals surface area (Å²) in [5, 5.41) is 3.74. The van der Waals surface area contributed by atoms with Gasteiger partial charge in [-0.05, 0) is 47.0 Å². The number of nitrogens with zero attached hydrogens (tertiary/aromatic N) is 1. The van der Waals surface area contributed by atoms with Crippen LogP contribution in [0, 0.1) is 6.92 Å². The molecule has 1 rings (SSSR count). The fourth-order valence-electron chi connectivity index (χ4n) is 1.25. The molecule has 1 aromatic rings. The van der Waals surface area contributed by atoms with Crippen LogP contribution in [0.3, 0.4) is 0 Å². The molecule has 0 atom stereocenters. The molecule has 0 aliphatic carbocycles. The van der Waals surface area contributed by atoms with Crippen molar-refractivity contribution in [1.82, 2.24) is 5.43 Å². The number of rotatable bonds is 5. The molecule has 0 aromatic heterocycles. The lowest BCUT2D eigenvalue weighted by Crippen LogP contribution is -2.24. The van der Waals surface area contributed by atoms with E-state index in [1.54, 1.807) is 6.21 Å². The number of aryl methyl sites for hydroxylation is 1. The second-order valence-corrected chi connectivity index (χ2v) is 5.35. The normalized spacial score (nSPS) is 10.7. The number of hydrogen-bond donors (Lipinski definition) is 1. The van der Waals surface area contributed by atoms with Crippen molar-refractivity contribution in [3.05, 3.63) is 26.6 Å². The van der Waals surface area contributed by atoms with Gasteiger partial charge in [-0.2, -0.15) is 5.10 Å². The molecule has 0 spiro atoms. The zero-order valence-corrected chi connectivity index (χ0v) is 13.3. The number of ether oxygens (including phenoxy) is 1. The maximum absolute atomic E-state index is 11.4. The summed E-state index contributed by atoms with van der Waals surface area (Å²) in [5.74, 6) is 0.377. The zero-order chi connectivity index (χ0) is 13.5. The van der Waals surface area contributed by atoms with E-state index >= 15 is 0 Å². The largest absolute Gasteiger partial charge is 0.482 e. The second kappa shape index (κ2) is 7.53. The van der Waals surface area contributed by atoms with Crippen molar-refractivity contribution in [1.29, 1.82) is 0 Å². The summed E-state index contributed by atoms with van der Waals surface area (Å²) in [6.07, 6.45) is 2.40. The van der Waals surface area contributed by atoms with E-state index in [1.807, 2.05) is 26.0 Å². The predicted octanol–water partition coefficient (Wildman–Crippen LogP) is 3.41. The minimum absolute atomic E-state index is 0.0673. The third-order valence-electron chi connectivity index (χ3n) is 2.00. The van der Waals surface area contributed by atoms with Crippen LogP contribution in [0.25, 0.3) is 0 Å². The highest BCUT2D eigenvalue weighted by Gasteiger charge is 2.09. The van der Waals surface area contributed by atoms with Gasteiger partial charge in [-0.1, -0.05) is 22.9 Å². The molecule has 0 heterocycles. The summed E-state index contributed by atoms with van der Waals surface area (Å²) in [7, 11) is 0. The predicted molar refractivity (Wildman–Crippen MR) is 79.0 cm³/mol. The van der Waals surface area contributed by atoms with E-state index in [0.29, 0.717) is 5.75 Å². The van der Waals surface area contributed by atoms with Gasteiger partial charge in [0.2, 0.25) is 0 Å². The number of halogens is 2. The second-order valence-electron chi connectivity index (χ2n) is 3.58. The molecule has 0 aliphatic heterocycles. The molecule has 0 radical (unpaired) electrons. The first-order valence-corrected chi connectivity index (χ1v) is 7.02. The Morgan fingerprint density at radius 3 is 2.83 bits per heavy atom. The molecule has 4 nitrogen and oxygen atoms in total. The van der Waals surface area contributed by atoms with Gasteiger partial charge in [-0.3, -0.25) is 4.79 Å². The number of hydrazone groups is 1. The van der Waals surface area contributed by atoms with Gasteiger partial charge >= 0.3 is 0 Å². The Kier molecular flexibility index (Phi) is 6.35. The Morgan fingerprint density at radius 2 is 2.22 bits per heavy atom. The summed E-state index contributed by atoms with van der Waals surface area (Å²) in [5.41, 5.74) is 3.33. The number of carbonyl (C=O) groups excluding carboxylic acids is 1. The van der Waals surface area contributed by atoms with Crippen LogP contribution < -0.4 is 10.2 Å². The van der Waals surface area contributed by atoms with Crippen LogP contribution >= 0.6 is 31.9 Å². The highest BCUT2D eigenvalue weighted by Crippen LogP contribution is 2.32. The Labute approximate surface area is 123 Å². The topological polar surface area (TPSA) is 50.7 Å². The number of hydrogen-bond acceptors (Lipinski definition) is 3. The summed E-state index contributed by atoms with van der Waals surface area (Å²) in [6.45, 7) is 3.79. The molecule has 0 unspecified atom stereocenters. The van der Waals surface area contributed by atoms with Crippen LogP contribution in [0.5, 0.6) is 5.75 Å². The quantitative estimate of drug-likeness (QED) is 0.631. The SMILES string of the molecule is CCC=NNC(=O)COc1c(C)cc(Br)cc1Br. The number of benzene rings is 1. The number of carbonyl (C=O) groups is 1. The average molecular weight is 378 g/mol. The molecule has 0 saturated carbocycles. The Hall–Kier alpha value is -0.880. The summed E-state index contributed by atoms with van der Waals surface area (Å²) in [4.78, 5) is 11.4. The first-order valence-electron chi connectivity index (χ1n) is 5.43. The van der Waals surface area contributed by atoms with Crippen LogP contribution in [0.1, 0.15) is 18.9 Å². The van der Waals surface area contributed by atoms with E-state index in [4.69, 9.17) is 4.74 Å². The lowest BCUT2D eigenvalue weighted by Gasteiger charge is -2.10. The third kappa shape index (κ3) is 4.78. The Bertz CT molecular complexity index is 438. The maximum atomic E-state index is 11.4. The van der Waals surface area contributed by atoms with Gasteiger partial charge in [-0.15, -0.1) is 0 Å². The van der Waals surface area contributed by atoms with Crippen LogP contribution in [0.2, 0.25) is 0 Å². The van der Waals surface area contributed by atoms with Gasteiger partial charge < -0.3 is 4.74 Å². The summed E-state index contributed by atoms with van der Waals surface area (Å²) < 4.78 is 7.22. The molecule has 1 N–H and O–H groups in total. The van der Waals surface area contributed by atoms with E-state index in [-0.39, 0.29) is 12.5 Å². The molecule has 1 amide bonds. The highest BCUT2D eigenvalue weighted by molar-refractivity contribution is 9.11. The maximum Gasteiger partial charge on any atom is 0.277 e. The van der Waals surface area contributed by atoms with Crippen LogP contribution in [0.15, 0.2) is 26.2 Å². The van der Waals surface area contributed by atoms with Crippen molar-refractivity contribution in [3.63, 3.8) is 0 Å². The van der Waals surface area contributed by atoms with Gasteiger partial charge in [0.25, 0.3) is 5.91 Å². The Morgan fingerprint density at radius 1 is 1.50 bits per heavy atom. The minimum atomic E-state index is -0.283. The number of nitrogens with one attached hydrogen (secondary N) is 1. The molecule has 18 heavy (non-hydrogen) atoms. The first kappa shape index (κ1) is 15.2. The van der Waals surface area contributed by atoms with E-state index in [9.17, 15) is 4.79 Å². The van der Waals surface area contributed by atoms with Gasteiger partial charge in [0.1, 0.15) is 5.75 Å². The molecular formula is C12H14Br2N2O2. The molecule has 1 aromatic carbocycles. The standard InChI is InChI=1S/C12H14Br2N2O2/c1-3-4-15-16-11(17)7-18-12-8(2)5-9(13)6-10(12)14/h4-6H,3,7H2,1-2H3,(H,16,17). The lowest BCUT2D eigenvalue weighted by atomic mass is 10.2. The fourth-order valence-corrected chi connectivity index (χ4v) is 2.80. The molecule has 0 bridgehead atoms. The monoisotopic (exact) mass is 376 g/mol. The first-order chi connectivity index (χ1) is 8.54. The van der Waals surface area contributed by atoms with E-state index in [1.165, 1.54) is 0 Å². The third-order valence-corrected chi connectivity index (χ3v) is 3.05. The van der Waals surface area contributed by atoms with Crippen LogP contribution in [-0.4, -0.2) is 18.7 Å². The van der Waals surface area contributed by atoms with E-state index in [0.717, 1.165) is 20.9 Å². The smallest absolute Gasteiger partial charge is 0.277 e. The van der Waals surface area contributed by atoms with E-state index in [2.05, 4.69) is 42.4 Å². The fraction of sp³-hybridized carbons (Fsp3) is 0.333. The van der Waals surface area contributed by atoms with Crippen LogP contribution in [0.4, 0.5) is 0 Å². The van der Waals surface area contributed by atoms with Gasteiger partial charge in [0, 0.05) is 10.7 Å². The molecule has 0 saturated heterocycles. The molecule has 0 fully saturated rings. The highest BCUT2D eigenvalue weighted by atomic mass is 79.9. The lowest BCUT2D eigenvalue weighted by molar-refractivity contribution is -0.123. The van der Waals surface area contributed by atoms with Gasteiger partial charge in [-0.25, -0.2) is 5.43 Å².